The van der Waals surface area contributed by atoms with Gasteiger partial charge in [0.15, 0.2) is 0 Å². The number of rotatable bonds is 8. The summed E-state index contributed by atoms with van der Waals surface area (Å²) in [5.41, 5.74) is 4.11. The summed E-state index contributed by atoms with van der Waals surface area (Å²) in [6, 6.07) is 12.6. The highest BCUT2D eigenvalue weighted by molar-refractivity contribution is 5.90. The van der Waals surface area contributed by atoms with E-state index in [4.69, 9.17) is 19.3 Å². The molecule has 6 nitrogen and oxygen atoms in total. The molecule has 192 valence electrons. The smallest absolute Gasteiger partial charge is 0.292 e. The maximum atomic E-state index is 8.95. The van der Waals surface area contributed by atoms with E-state index in [2.05, 4.69) is 73.5 Å². The maximum absolute atomic E-state index is 8.95. The summed E-state index contributed by atoms with van der Waals surface area (Å²) in [7, 11) is 3.00. The summed E-state index contributed by atoms with van der Waals surface area (Å²) in [4.78, 5) is 26.4. The minimum absolute atomic E-state index is 0.0353. The molecule has 0 radical (unpaired) electrons. The van der Waals surface area contributed by atoms with Gasteiger partial charge in [-0.05, 0) is 54.8 Å². The Hall–Kier alpha value is -3.93. The van der Waals surface area contributed by atoms with Crippen LogP contribution in [0.25, 0.3) is 27.6 Å². The van der Waals surface area contributed by atoms with Crippen molar-refractivity contribution >= 4 is 29.1 Å². The van der Waals surface area contributed by atoms with E-state index in [0.29, 0.717) is 6.47 Å². The van der Waals surface area contributed by atoms with Crippen molar-refractivity contribution in [2.45, 2.75) is 46.5 Å². The van der Waals surface area contributed by atoms with Crippen molar-refractivity contribution in [2.75, 3.05) is 14.2 Å². The molecule has 1 heterocycles. The zero-order valence-electron chi connectivity index (χ0n) is 22.4. The molecule has 6 heteroatoms. The predicted molar refractivity (Wildman–Crippen MR) is 149 cm³/mol. The van der Waals surface area contributed by atoms with E-state index >= 15 is 0 Å². The molecule has 0 spiro atoms. The third kappa shape index (κ3) is 8.08. The second kappa shape index (κ2) is 15.1. The lowest BCUT2D eigenvalue weighted by Gasteiger charge is -2.19. The molecule has 3 rings (SSSR count). The number of ether oxygens (including phenoxy) is 2. The van der Waals surface area contributed by atoms with Gasteiger partial charge in [0.05, 0.1) is 25.6 Å². The van der Waals surface area contributed by atoms with Gasteiger partial charge < -0.3 is 19.3 Å². The number of carbonyl (C=O) groups is 2. The fourth-order valence-corrected chi connectivity index (χ4v) is 3.31. The second-order valence-corrected chi connectivity index (χ2v) is 8.40. The minimum atomic E-state index is -0.0353. The molecule has 0 aliphatic rings. The lowest BCUT2D eigenvalue weighted by atomic mass is 9.89. The number of allylic oxidation sites excluding steroid dienone is 5. The van der Waals surface area contributed by atoms with Gasteiger partial charge >= 0.3 is 0 Å². The van der Waals surface area contributed by atoms with Gasteiger partial charge in [-0.3, -0.25) is 4.79 Å². The molecule has 1 N–H and O–H groups in total. The lowest BCUT2D eigenvalue weighted by Crippen LogP contribution is -2.17. The molecule has 0 unspecified atom stereocenters. The number of imidazole rings is 1. The van der Waals surface area contributed by atoms with Gasteiger partial charge in [-0.15, -0.1) is 0 Å². The van der Waals surface area contributed by atoms with Crippen molar-refractivity contribution in [3.05, 3.63) is 78.8 Å². The van der Waals surface area contributed by atoms with Crippen LogP contribution in [0.3, 0.4) is 0 Å². The number of methoxy groups -OCH3 is 2. The Morgan fingerprint density at radius 1 is 1.08 bits per heavy atom. The Kier molecular flexibility index (Phi) is 12.7. The Labute approximate surface area is 214 Å². The first-order valence-electron chi connectivity index (χ1n) is 11.8. The van der Waals surface area contributed by atoms with E-state index in [1.165, 1.54) is 14.0 Å². The lowest BCUT2D eigenvalue weighted by molar-refractivity contribution is -0.126. The minimum Gasteiger partial charge on any atom is -0.497 e. The molecule has 36 heavy (non-hydrogen) atoms. The molecule has 0 amide bonds. The average molecular weight is 491 g/mol. The number of fused-ring (bicyclic) bond motifs is 1. The van der Waals surface area contributed by atoms with Crippen LogP contribution < -0.4 is 4.74 Å². The first-order chi connectivity index (χ1) is 17.3. The zero-order chi connectivity index (χ0) is 27.1. The average Bonchev–Trinajstić information content (AvgIpc) is 3.35. The van der Waals surface area contributed by atoms with Crippen LogP contribution in [0.1, 0.15) is 52.6 Å². The van der Waals surface area contributed by atoms with Crippen LogP contribution in [-0.4, -0.2) is 36.9 Å². The third-order valence-corrected chi connectivity index (χ3v) is 5.58. The van der Waals surface area contributed by atoms with Gasteiger partial charge in [-0.1, -0.05) is 69.9 Å². The molecular weight excluding hydrogens is 452 g/mol. The highest BCUT2D eigenvalue weighted by Gasteiger charge is 2.25. The van der Waals surface area contributed by atoms with Gasteiger partial charge in [0.25, 0.3) is 6.47 Å². The van der Waals surface area contributed by atoms with Gasteiger partial charge in [0, 0.05) is 11.0 Å². The molecule has 3 aromatic rings. The molecule has 0 aliphatic carbocycles. The number of aromatic amines is 1. The second-order valence-electron chi connectivity index (χ2n) is 8.40. The van der Waals surface area contributed by atoms with Crippen molar-refractivity contribution in [2.24, 2.45) is 0 Å². The Morgan fingerprint density at radius 3 is 2.22 bits per heavy atom. The highest BCUT2D eigenvalue weighted by atomic mass is 16.5. The number of benzene rings is 2. The Morgan fingerprint density at radius 2 is 1.69 bits per heavy atom. The summed E-state index contributed by atoms with van der Waals surface area (Å²) in [5.74, 6) is 1.86. The first kappa shape index (κ1) is 30.1. The van der Waals surface area contributed by atoms with Crippen LogP contribution in [0, 0.1) is 0 Å². The van der Waals surface area contributed by atoms with E-state index in [1.807, 2.05) is 31.2 Å². The predicted octanol–water partition coefficient (Wildman–Crippen LogP) is 7.07. The molecular formula is C30H38N2O4. The topological polar surface area (TPSA) is 81.3 Å². The van der Waals surface area contributed by atoms with Crippen molar-refractivity contribution in [1.82, 2.24) is 9.97 Å². The van der Waals surface area contributed by atoms with Crippen molar-refractivity contribution < 1.29 is 19.1 Å². The summed E-state index contributed by atoms with van der Waals surface area (Å²) in [5, 5.41) is 2.31. The third-order valence-electron chi connectivity index (χ3n) is 5.58. The molecule has 0 saturated heterocycles. The largest absolute Gasteiger partial charge is 0.497 e. The van der Waals surface area contributed by atoms with Crippen molar-refractivity contribution in [3.63, 3.8) is 0 Å². The monoisotopic (exact) mass is 490 g/mol. The number of carbonyl (C=O) groups excluding carboxylic acids is 2. The standard InChI is InChI=1S/C26H30N2O.C2H4O2.C2H4O/c1-7-10-18(11-8-2)23-24(28-25(27-23)26(4,5)9-3)21-13-12-20-17-22(29-6)15-14-19(20)16-21;1-4-2-3;1-2-3/h7-8,10-17H,1,9H2,2-6H3,(H,27,28);2H,1H3;2H,1H3/b11-8-,18-10+;;. The fourth-order valence-electron chi connectivity index (χ4n) is 3.31. The Balaban J connectivity index is 0.000000825. The van der Waals surface area contributed by atoms with Crippen LogP contribution in [0.2, 0.25) is 0 Å². The van der Waals surface area contributed by atoms with Crippen molar-refractivity contribution in [1.29, 1.82) is 0 Å². The highest BCUT2D eigenvalue weighted by Crippen LogP contribution is 2.34. The Bertz CT molecular complexity index is 1200. The van der Waals surface area contributed by atoms with Gasteiger partial charge in [0.1, 0.15) is 17.9 Å². The molecule has 1 aromatic heterocycles. The first-order valence-corrected chi connectivity index (χ1v) is 11.8. The zero-order valence-corrected chi connectivity index (χ0v) is 22.4. The van der Waals surface area contributed by atoms with Gasteiger partial charge in [-0.2, -0.15) is 0 Å². The quantitative estimate of drug-likeness (QED) is 0.270. The van der Waals surface area contributed by atoms with Crippen LogP contribution in [0.5, 0.6) is 5.75 Å². The molecule has 0 aliphatic heterocycles. The molecule has 2 aromatic carbocycles. The fraction of sp³-hybridized carbons (Fsp3) is 0.300. The van der Waals surface area contributed by atoms with Crippen LogP contribution in [0.4, 0.5) is 0 Å². The van der Waals surface area contributed by atoms with E-state index in [1.54, 1.807) is 7.11 Å². The number of hydrogen-bond donors (Lipinski definition) is 1. The molecule has 0 bridgehead atoms. The maximum Gasteiger partial charge on any atom is 0.292 e. The van der Waals surface area contributed by atoms with Crippen LogP contribution in [0.15, 0.2) is 67.3 Å². The summed E-state index contributed by atoms with van der Waals surface area (Å²) < 4.78 is 9.21. The van der Waals surface area contributed by atoms with Crippen molar-refractivity contribution in [3.8, 4) is 17.0 Å². The number of hydrogen-bond acceptors (Lipinski definition) is 5. The van der Waals surface area contributed by atoms with Crippen LogP contribution in [-0.2, 0) is 19.7 Å². The van der Waals surface area contributed by atoms with Gasteiger partial charge in [0.2, 0.25) is 0 Å². The summed E-state index contributed by atoms with van der Waals surface area (Å²) in [6.07, 6.45) is 9.72. The number of aldehydes is 1. The van der Waals surface area contributed by atoms with Crippen LogP contribution >= 0.6 is 0 Å². The van der Waals surface area contributed by atoms with E-state index < -0.39 is 0 Å². The number of nitrogens with zero attached hydrogens (tertiary/aromatic N) is 1. The summed E-state index contributed by atoms with van der Waals surface area (Å²) in [6.45, 7) is 14.4. The van der Waals surface area contributed by atoms with E-state index in [9.17, 15) is 0 Å². The molecule has 0 saturated carbocycles. The summed E-state index contributed by atoms with van der Waals surface area (Å²) >= 11 is 0. The molecule has 0 fully saturated rings. The molecule has 0 atom stereocenters. The number of nitrogens with one attached hydrogen (secondary N) is 1. The normalized spacial score (nSPS) is 11.1. The SMILES string of the molecule is C=C/C=C(\C=C/C)c1[nH]c(C(C)(C)CC)nc1-c1ccc2cc(OC)ccc2c1.CC=O.COC=O. The van der Waals surface area contributed by atoms with Gasteiger partial charge in [-0.25, -0.2) is 4.98 Å². The van der Waals surface area contributed by atoms with E-state index in [-0.39, 0.29) is 5.41 Å². The number of H-pyrrole nitrogens is 1. The number of aromatic nitrogens is 2. The van der Waals surface area contributed by atoms with E-state index in [0.717, 1.165) is 57.6 Å².